The van der Waals surface area contributed by atoms with Gasteiger partial charge in [0.2, 0.25) is 0 Å². The number of rotatable bonds is 6. The van der Waals surface area contributed by atoms with E-state index >= 15 is 0 Å². The number of ether oxygens (including phenoxy) is 1. The normalized spacial score (nSPS) is 18.2. The van der Waals surface area contributed by atoms with E-state index in [0.717, 1.165) is 12.5 Å². The molecule has 1 aliphatic rings. The zero-order valence-corrected chi connectivity index (χ0v) is 12.3. The maximum absolute atomic E-state index is 5.55. The molecule has 0 amide bonds. The highest BCUT2D eigenvalue weighted by molar-refractivity contribution is 5.51. The summed E-state index contributed by atoms with van der Waals surface area (Å²) in [6.45, 7) is 5.84. The van der Waals surface area contributed by atoms with E-state index in [4.69, 9.17) is 4.74 Å². The van der Waals surface area contributed by atoms with Crippen molar-refractivity contribution in [3.8, 4) is 0 Å². The highest BCUT2D eigenvalue weighted by atomic mass is 16.5. The minimum atomic E-state index is 0.558. The average Bonchev–Trinajstić information content (AvgIpc) is 2.47. The van der Waals surface area contributed by atoms with Crippen LogP contribution >= 0.6 is 0 Å². The zero-order chi connectivity index (χ0) is 13.5. The first-order valence-corrected chi connectivity index (χ1v) is 7.73. The molecule has 1 unspecified atom stereocenters. The van der Waals surface area contributed by atoms with Gasteiger partial charge >= 0.3 is 0 Å². The molecule has 0 radical (unpaired) electrons. The third kappa shape index (κ3) is 4.24. The lowest BCUT2D eigenvalue weighted by molar-refractivity contribution is 0.134. The zero-order valence-electron chi connectivity index (χ0n) is 12.3. The molecule has 1 fully saturated rings. The number of hydrogen-bond donors (Lipinski definition) is 1. The van der Waals surface area contributed by atoms with Crippen LogP contribution in [0.4, 0.5) is 5.69 Å². The summed E-state index contributed by atoms with van der Waals surface area (Å²) in [5.74, 6) is 0.828. The Morgan fingerprint density at radius 3 is 2.68 bits per heavy atom. The molecule has 2 heteroatoms. The lowest BCUT2D eigenvalue weighted by atomic mass is 9.84. The predicted octanol–water partition coefficient (Wildman–Crippen LogP) is 4.60. The van der Waals surface area contributed by atoms with Crippen LogP contribution in [-0.2, 0) is 11.3 Å². The summed E-state index contributed by atoms with van der Waals surface area (Å²) in [4.78, 5) is 0. The maximum Gasteiger partial charge on any atom is 0.0736 e. The van der Waals surface area contributed by atoms with Gasteiger partial charge in [0.1, 0.15) is 0 Å². The van der Waals surface area contributed by atoms with Crippen LogP contribution < -0.4 is 5.32 Å². The molecule has 1 N–H and O–H groups in total. The van der Waals surface area contributed by atoms with Gasteiger partial charge in [0.05, 0.1) is 6.61 Å². The molecule has 1 aromatic rings. The quantitative estimate of drug-likeness (QED) is 0.807. The van der Waals surface area contributed by atoms with Crippen molar-refractivity contribution in [2.45, 2.75) is 58.6 Å². The Kier molecular flexibility index (Phi) is 5.71. The molecule has 106 valence electrons. The largest absolute Gasteiger partial charge is 0.382 e. The van der Waals surface area contributed by atoms with E-state index in [-0.39, 0.29) is 0 Å². The number of hydrogen-bond acceptors (Lipinski definition) is 2. The molecule has 2 nitrogen and oxygen atoms in total. The summed E-state index contributed by atoms with van der Waals surface area (Å²) in [5, 5.41) is 3.71. The van der Waals surface area contributed by atoms with Crippen LogP contribution in [0.2, 0.25) is 0 Å². The van der Waals surface area contributed by atoms with Crippen LogP contribution in [0, 0.1) is 5.92 Å². The van der Waals surface area contributed by atoms with E-state index in [1.54, 1.807) is 0 Å². The summed E-state index contributed by atoms with van der Waals surface area (Å²) in [7, 11) is 0. The monoisotopic (exact) mass is 261 g/mol. The Labute approximate surface area is 117 Å². The van der Waals surface area contributed by atoms with E-state index in [2.05, 4.69) is 36.5 Å². The molecule has 2 rings (SSSR count). The Morgan fingerprint density at radius 2 is 1.95 bits per heavy atom. The fourth-order valence-corrected chi connectivity index (χ4v) is 3.00. The minimum Gasteiger partial charge on any atom is -0.382 e. The van der Waals surface area contributed by atoms with Crippen LogP contribution in [0.5, 0.6) is 0 Å². The number of nitrogens with one attached hydrogen (secondary N) is 1. The van der Waals surface area contributed by atoms with Crippen molar-refractivity contribution in [3.05, 3.63) is 29.8 Å². The highest BCUT2D eigenvalue weighted by Gasteiger charge is 2.20. The maximum atomic E-state index is 5.55. The first-order chi connectivity index (χ1) is 9.31. The van der Waals surface area contributed by atoms with Crippen molar-refractivity contribution in [1.29, 1.82) is 0 Å². The van der Waals surface area contributed by atoms with Crippen molar-refractivity contribution < 1.29 is 4.74 Å². The van der Waals surface area contributed by atoms with Crippen LogP contribution in [0.15, 0.2) is 24.3 Å². The molecule has 0 aliphatic heterocycles. The van der Waals surface area contributed by atoms with E-state index in [1.807, 2.05) is 6.92 Å². The molecule has 0 aromatic heterocycles. The van der Waals surface area contributed by atoms with E-state index in [1.165, 1.54) is 43.4 Å². The second kappa shape index (κ2) is 7.54. The first-order valence-electron chi connectivity index (χ1n) is 7.73. The van der Waals surface area contributed by atoms with Gasteiger partial charge in [0.25, 0.3) is 0 Å². The van der Waals surface area contributed by atoms with Crippen LogP contribution in [0.3, 0.4) is 0 Å². The number of benzene rings is 1. The van der Waals surface area contributed by atoms with E-state index in [0.29, 0.717) is 12.6 Å². The van der Waals surface area contributed by atoms with Crippen molar-refractivity contribution in [1.82, 2.24) is 0 Å². The fourth-order valence-electron chi connectivity index (χ4n) is 3.00. The molecule has 1 saturated carbocycles. The van der Waals surface area contributed by atoms with Gasteiger partial charge < -0.3 is 10.1 Å². The smallest absolute Gasteiger partial charge is 0.0736 e. The molecular weight excluding hydrogens is 234 g/mol. The molecule has 0 saturated heterocycles. The minimum absolute atomic E-state index is 0.558. The van der Waals surface area contributed by atoms with Crippen molar-refractivity contribution in [2.75, 3.05) is 11.9 Å². The molecule has 0 bridgehead atoms. The molecule has 19 heavy (non-hydrogen) atoms. The Balaban J connectivity index is 1.96. The Hall–Kier alpha value is -1.02. The van der Waals surface area contributed by atoms with Gasteiger partial charge in [-0.1, -0.05) is 37.5 Å². The fraction of sp³-hybridized carbons (Fsp3) is 0.647. The number of anilines is 1. The summed E-state index contributed by atoms with van der Waals surface area (Å²) < 4.78 is 5.55. The van der Waals surface area contributed by atoms with E-state index < -0.39 is 0 Å². The standard InChI is InChI=1S/C17H27NO/c1-3-19-13-16-11-7-8-12-17(16)18-14(2)15-9-5-4-6-10-15/h7-8,11-12,14-15,18H,3-6,9-10,13H2,1-2H3. The molecule has 1 aromatic carbocycles. The second-order valence-corrected chi connectivity index (χ2v) is 5.63. The lowest BCUT2D eigenvalue weighted by Crippen LogP contribution is -2.28. The second-order valence-electron chi connectivity index (χ2n) is 5.63. The van der Waals surface area contributed by atoms with Gasteiger partial charge in [-0.2, -0.15) is 0 Å². The third-order valence-electron chi connectivity index (χ3n) is 4.22. The van der Waals surface area contributed by atoms with Crippen LogP contribution in [0.1, 0.15) is 51.5 Å². The Bertz CT molecular complexity index is 371. The molecule has 1 atom stereocenters. The van der Waals surface area contributed by atoms with Crippen molar-refractivity contribution in [3.63, 3.8) is 0 Å². The predicted molar refractivity (Wildman–Crippen MR) is 81.4 cm³/mol. The molecule has 0 heterocycles. The lowest BCUT2D eigenvalue weighted by Gasteiger charge is -2.29. The summed E-state index contributed by atoms with van der Waals surface area (Å²) in [5.41, 5.74) is 2.51. The first kappa shape index (κ1) is 14.4. The summed E-state index contributed by atoms with van der Waals surface area (Å²) in [6.07, 6.45) is 6.97. The van der Waals surface area contributed by atoms with Crippen LogP contribution in [-0.4, -0.2) is 12.6 Å². The molecule has 1 aliphatic carbocycles. The average molecular weight is 261 g/mol. The molecule has 0 spiro atoms. The third-order valence-corrected chi connectivity index (χ3v) is 4.22. The topological polar surface area (TPSA) is 21.3 Å². The van der Waals surface area contributed by atoms with Gasteiger partial charge in [-0.25, -0.2) is 0 Å². The van der Waals surface area contributed by atoms with E-state index in [9.17, 15) is 0 Å². The summed E-state index contributed by atoms with van der Waals surface area (Å²) >= 11 is 0. The van der Waals surface area contributed by atoms with Gasteiger partial charge in [0.15, 0.2) is 0 Å². The molecular formula is C17H27NO. The van der Waals surface area contributed by atoms with Gasteiger partial charge in [-0.05, 0) is 38.7 Å². The highest BCUT2D eigenvalue weighted by Crippen LogP contribution is 2.28. The Morgan fingerprint density at radius 1 is 1.21 bits per heavy atom. The van der Waals surface area contributed by atoms with Gasteiger partial charge in [-0.3, -0.25) is 0 Å². The van der Waals surface area contributed by atoms with Gasteiger partial charge in [0, 0.05) is 23.9 Å². The SMILES string of the molecule is CCOCc1ccccc1NC(C)C1CCCCC1. The van der Waals surface area contributed by atoms with Crippen LogP contribution in [0.25, 0.3) is 0 Å². The number of para-hydroxylation sites is 1. The van der Waals surface area contributed by atoms with Crippen molar-refractivity contribution in [2.24, 2.45) is 5.92 Å². The summed E-state index contributed by atoms with van der Waals surface area (Å²) in [6, 6.07) is 9.08. The van der Waals surface area contributed by atoms with Crippen molar-refractivity contribution >= 4 is 5.69 Å². The van der Waals surface area contributed by atoms with Gasteiger partial charge in [-0.15, -0.1) is 0 Å².